The first-order chi connectivity index (χ1) is 12.6. The molecule has 0 atom stereocenters. The van der Waals surface area contributed by atoms with E-state index < -0.39 is 0 Å². The number of aliphatic imine (C=N–C) groups is 1. The minimum absolute atomic E-state index is 0.233. The van der Waals surface area contributed by atoms with Gasteiger partial charge in [-0.15, -0.1) is 0 Å². The van der Waals surface area contributed by atoms with E-state index >= 15 is 0 Å². The number of rotatable bonds is 3. The van der Waals surface area contributed by atoms with E-state index in [1.807, 2.05) is 60.7 Å². The Morgan fingerprint density at radius 2 is 1.85 bits per heavy atom. The predicted molar refractivity (Wildman–Crippen MR) is 117 cm³/mol. The van der Waals surface area contributed by atoms with Crippen LogP contribution in [0.2, 0.25) is 0 Å². The van der Waals surface area contributed by atoms with Gasteiger partial charge in [0.25, 0.3) is 0 Å². The molecule has 0 aliphatic carbocycles. The van der Waals surface area contributed by atoms with Crippen molar-refractivity contribution < 1.29 is 5.11 Å². The molecule has 26 heavy (non-hydrogen) atoms. The number of imidazole rings is 1. The highest BCUT2D eigenvalue weighted by Crippen LogP contribution is 2.28. The number of nitrogens with one attached hydrogen (secondary N) is 1. The Kier molecular flexibility index (Phi) is 4.78. The van der Waals surface area contributed by atoms with E-state index in [1.54, 1.807) is 6.21 Å². The zero-order chi connectivity index (χ0) is 18.1. The van der Waals surface area contributed by atoms with Crippen LogP contribution in [0, 0.1) is 3.57 Å². The van der Waals surface area contributed by atoms with E-state index in [9.17, 15) is 5.11 Å². The third-order valence-corrected chi connectivity index (χ3v) is 5.22. The molecule has 0 bridgehead atoms. The molecule has 0 unspecified atom stereocenters. The molecule has 0 saturated carbocycles. The Bertz CT molecular complexity index is 1090. The van der Waals surface area contributed by atoms with Crippen LogP contribution in [0.1, 0.15) is 5.56 Å². The summed E-state index contributed by atoms with van der Waals surface area (Å²) < 4.78 is 1.68. The van der Waals surface area contributed by atoms with Crippen LogP contribution in [0.15, 0.2) is 70.1 Å². The number of aromatic amines is 1. The number of aromatic nitrogens is 2. The third-order valence-electron chi connectivity index (χ3n) is 3.94. The van der Waals surface area contributed by atoms with Crippen molar-refractivity contribution in [3.05, 3.63) is 74.3 Å². The van der Waals surface area contributed by atoms with E-state index in [0.29, 0.717) is 5.56 Å². The lowest BCUT2D eigenvalue weighted by atomic mass is 10.2. The van der Waals surface area contributed by atoms with Crippen LogP contribution >= 0.6 is 38.5 Å². The molecule has 0 amide bonds. The first-order valence-electron chi connectivity index (χ1n) is 7.87. The lowest BCUT2D eigenvalue weighted by molar-refractivity contribution is 0.470. The van der Waals surface area contributed by atoms with Crippen molar-refractivity contribution in [2.24, 2.45) is 4.99 Å². The predicted octanol–water partition coefficient (Wildman–Crippen LogP) is 6.05. The molecule has 0 saturated heterocycles. The fraction of sp³-hybridized carbons (Fsp3) is 0. The highest BCUT2D eigenvalue weighted by Gasteiger charge is 2.06. The van der Waals surface area contributed by atoms with E-state index in [-0.39, 0.29) is 5.75 Å². The van der Waals surface area contributed by atoms with Gasteiger partial charge in [0.05, 0.1) is 20.3 Å². The van der Waals surface area contributed by atoms with Gasteiger partial charge in [0.15, 0.2) is 0 Å². The zero-order valence-corrected chi connectivity index (χ0v) is 17.2. The minimum atomic E-state index is 0.233. The summed E-state index contributed by atoms with van der Waals surface area (Å²) in [6.45, 7) is 0. The number of phenolic OH excluding ortho intramolecular Hbond substituents is 1. The van der Waals surface area contributed by atoms with E-state index in [4.69, 9.17) is 0 Å². The van der Waals surface area contributed by atoms with Gasteiger partial charge >= 0.3 is 0 Å². The van der Waals surface area contributed by atoms with Gasteiger partial charge in [0.1, 0.15) is 11.6 Å². The lowest BCUT2D eigenvalue weighted by Gasteiger charge is -2.03. The topological polar surface area (TPSA) is 61.3 Å². The number of benzene rings is 3. The molecule has 0 aliphatic heterocycles. The van der Waals surface area contributed by atoms with Crippen molar-refractivity contribution >= 4 is 61.5 Å². The highest BCUT2D eigenvalue weighted by atomic mass is 127. The highest BCUT2D eigenvalue weighted by molar-refractivity contribution is 14.1. The second kappa shape index (κ2) is 7.20. The summed E-state index contributed by atoms with van der Waals surface area (Å²) in [6.07, 6.45) is 1.67. The zero-order valence-electron chi connectivity index (χ0n) is 13.4. The monoisotopic (exact) mass is 517 g/mol. The van der Waals surface area contributed by atoms with Crippen LogP contribution < -0.4 is 0 Å². The molecular formula is C20H13BrIN3O. The molecule has 1 aromatic heterocycles. The van der Waals surface area contributed by atoms with Crippen molar-refractivity contribution in [3.8, 4) is 17.1 Å². The smallest absolute Gasteiger partial charge is 0.138 e. The maximum absolute atomic E-state index is 10.1. The fourth-order valence-electron chi connectivity index (χ4n) is 2.62. The van der Waals surface area contributed by atoms with Gasteiger partial charge in [0.2, 0.25) is 0 Å². The van der Waals surface area contributed by atoms with Crippen LogP contribution in [0.4, 0.5) is 5.69 Å². The quantitative estimate of drug-likeness (QED) is 0.256. The number of hydrogen-bond donors (Lipinski definition) is 2. The number of hydrogen-bond acceptors (Lipinski definition) is 3. The molecule has 1 heterocycles. The van der Waals surface area contributed by atoms with Crippen LogP contribution in [0.3, 0.4) is 0 Å². The SMILES string of the molecule is Oc1c(I)cc(Br)cc1C=Nc1ccc(-c2nc3ccccc3[nH]2)cc1. The molecule has 4 nitrogen and oxygen atoms in total. The molecule has 0 radical (unpaired) electrons. The number of halogens is 2. The maximum atomic E-state index is 10.1. The first-order valence-corrected chi connectivity index (χ1v) is 9.74. The summed E-state index contributed by atoms with van der Waals surface area (Å²) in [5.74, 6) is 1.07. The van der Waals surface area contributed by atoms with Gasteiger partial charge in [-0.05, 0) is 71.1 Å². The number of nitrogens with zero attached hydrogens (tertiary/aromatic N) is 2. The van der Waals surface area contributed by atoms with Gasteiger partial charge in [-0.1, -0.05) is 28.1 Å². The second-order valence-electron chi connectivity index (χ2n) is 5.73. The number of phenols is 1. The molecule has 0 aliphatic rings. The third kappa shape index (κ3) is 3.52. The Morgan fingerprint density at radius 1 is 1.08 bits per heavy atom. The summed E-state index contributed by atoms with van der Waals surface area (Å²) in [6, 6.07) is 19.5. The van der Waals surface area contributed by atoms with Gasteiger partial charge in [0, 0.05) is 21.8 Å². The normalized spacial score (nSPS) is 11.5. The van der Waals surface area contributed by atoms with Gasteiger partial charge in [-0.3, -0.25) is 4.99 Å². The largest absolute Gasteiger partial charge is 0.506 e. The standard InChI is InChI=1S/C20H13BrIN3O/c21-14-9-13(19(26)16(22)10-14)11-23-15-7-5-12(6-8-15)20-24-17-3-1-2-4-18(17)25-20/h1-11,26H,(H,24,25). The number of fused-ring (bicyclic) bond motifs is 1. The van der Waals surface area contributed by atoms with Crippen LogP contribution in [-0.4, -0.2) is 21.3 Å². The Labute approximate surface area is 172 Å². The molecule has 4 rings (SSSR count). The fourth-order valence-corrected chi connectivity index (χ4v) is 4.17. The molecule has 4 aromatic rings. The van der Waals surface area contributed by atoms with Crippen molar-refractivity contribution in [2.45, 2.75) is 0 Å². The maximum Gasteiger partial charge on any atom is 0.138 e. The summed E-state index contributed by atoms with van der Waals surface area (Å²) in [5.41, 5.74) is 4.44. The molecule has 128 valence electrons. The molecule has 6 heteroatoms. The summed E-state index contributed by atoms with van der Waals surface area (Å²) in [4.78, 5) is 12.4. The van der Waals surface area contributed by atoms with Crippen LogP contribution in [-0.2, 0) is 0 Å². The average Bonchev–Trinajstić information content (AvgIpc) is 3.08. The molecule has 3 aromatic carbocycles. The molecule has 0 spiro atoms. The number of H-pyrrole nitrogens is 1. The molecular weight excluding hydrogens is 505 g/mol. The van der Waals surface area contributed by atoms with Gasteiger partial charge < -0.3 is 10.1 Å². The minimum Gasteiger partial charge on any atom is -0.506 e. The lowest BCUT2D eigenvalue weighted by Crippen LogP contribution is -1.86. The van der Waals surface area contributed by atoms with E-state index in [1.165, 1.54) is 0 Å². The summed E-state index contributed by atoms with van der Waals surface area (Å²) in [7, 11) is 0. The van der Waals surface area contributed by atoms with Gasteiger partial charge in [-0.25, -0.2) is 4.98 Å². The van der Waals surface area contributed by atoms with Gasteiger partial charge in [-0.2, -0.15) is 0 Å². The Balaban J connectivity index is 1.60. The molecule has 2 N–H and O–H groups in total. The Morgan fingerprint density at radius 3 is 2.62 bits per heavy atom. The van der Waals surface area contributed by atoms with Crippen molar-refractivity contribution in [2.75, 3.05) is 0 Å². The molecule has 0 fully saturated rings. The number of para-hydroxylation sites is 2. The number of aromatic hydroxyl groups is 1. The average molecular weight is 518 g/mol. The van der Waals surface area contributed by atoms with Crippen molar-refractivity contribution in [1.82, 2.24) is 9.97 Å². The van der Waals surface area contributed by atoms with Crippen molar-refractivity contribution in [3.63, 3.8) is 0 Å². The van der Waals surface area contributed by atoms with E-state index in [0.717, 1.165) is 36.2 Å². The summed E-state index contributed by atoms with van der Waals surface area (Å²) in [5, 5.41) is 10.1. The first kappa shape index (κ1) is 17.2. The van der Waals surface area contributed by atoms with Crippen LogP contribution in [0.5, 0.6) is 5.75 Å². The summed E-state index contributed by atoms with van der Waals surface area (Å²) >= 11 is 5.53. The van der Waals surface area contributed by atoms with E-state index in [2.05, 4.69) is 53.5 Å². The second-order valence-corrected chi connectivity index (χ2v) is 7.81. The van der Waals surface area contributed by atoms with Crippen molar-refractivity contribution in [1.29, 1.82) is 0 Å². The Hall–Kier alpha value is -2.19. The van der Waals surface area contributed by atoms with Crippen LogP contribution in [0.25, 0.3) is 22.4 Å².